The van der Waals surface area contributed by atoms with Crippen molar-refractivity contribution >= 4 is 5.91 Å². The van der Waals surface area contributed by atoms with E-state index in [0.717, 1.165) is 12.1 Å². The standard InChI is InChI=1S/C16H16N2O.2C2H6/c19-16-9-15(14-6-2-1-3-7-14)12-18(16)11-13-5-4-8-17-10-13;2*1-2/h1-8,10,15H,9,11-12H2;2*1-2H3. The normalized spacial score (nSPS) is 16.1. The zero-order valence-electron chi connectivity index (χ0n) is 14.7. The number of nitrogens with zero attached hydrogens (tertiary/aromatic N) is 2. The Balaban J connectivity index is 0.000000615. The Kier molecular flexibility index (Phi) is 8.66. The summed E-state index contributed by atoms with van der Waals surface area (Å²) in [6.07, 6.45) is 4.19. The van der Waals surface area contributed by atoms with Crippen molar-refractivity contribution in [1.82, 2.24) is 9.88 Å². The highest BCUT2D eigenvalue weighted by atomic mass is 16.2. The van der Waals surface area contributed by atoms with Crippen LogP contribution in [0, 0.1) is 0 Å². The molecule has 3 nitrogen and oxygen atoms in total. The second kappa shape index (κ2) is 10.5. The third-order valence-corrected chi connectivity index (χ3v) is 3.58. The summed E-state index contributed by atoms with van der Waals surface area (Å²) in [4.78, 5) is 18.1. The monoisotopic (exact) mass is 312 g/mol. The number of carbonyl (C=O) groups is 1. The van der Waals surface area contributed by atoms with Crippen LogP contribution in [-0.2, 0) is 11.3 Å². The van der Waals surface area contributed by atoms with Crippen LogP contribution in [0.25, 0.3) is 0 Å². The van der Waals surface area contributed by atoms with Gasteiger partial charge in [0.25, 0.3) is 0 Å². The molecule has 1 saturated heterocycles. The first-order chi connectivity index (χ1) is 11.3. The first-order valence-electron chi connectivity index (χ1n) is 8.54. The maximum atomic E-state index is 12.1. The lowest BCUT2D eigenvalue weighted by molar-refractivity contribution is -0.128. The fourth-order valence-corrected chi connectivity index (χ4v) is 2.59. The highest BCUT2D eigenvalue weighted by molar-refractivity contribution is 5.79. The summed E-state index contributed by atoms with van der Waals surface area (Å²) in [6.45, 7) is 9.47. The van der Waals surface area contributed by atoms with Crippen molar-refractivity contribution in [3.63, 3.8) is 0 Å². The van der Waals surface area contributed by atoms with Gasteiger partial charge in [-0.1, -0.05) is 64.1 Å². The van der Waals surface area contributed by atoms with Gasteiger partial charge in [0.15, 0.2) is 0 Å². The smallest absolute Gasteiger partial charge is 0.223 e. The van der Waals surface area contributed by atoms with Gasteiger partial charge in [-0.25, -0.2) is 0 Å². The average molecular weight is 312 g/mol. The summed E-state index contributed by atoms with van der Waals surface area (Å²) in [5.41, 5.74) is 2.34. The van der Waals surface area contributed by atoms with E-state index in [4.69, 9.17) is 0 Å². The van der Waals surface area contributed by atoms with E-state index in [2.05, 4.69) is 17.1 Å². The van der Waals surface area contributed by atoms with Crippen LogP contribution >= 0.6 is 0 Å². The molecule has 2 aromatic rings. The number of carbonyl (C=O) groups excluding carboxylic acids is 1. The van der Waals surface area contributed by atoms with Crippen molar-refractivity contribution in [3.8, 4) is 0 Å². The van der Waals surface area contributed by atoms with Crippen LogP contribution in [0.1, 0.15) is 51.2 Å². The molecule has 2 heterocycles. The Morgan fingerprint density at radius 3 is 2.35 bits per heavy atom. The molecule has 3 rings (SSSR count). The second-order valence-corrected chi connectivity index (χ2v) is 4.95. The highest BCUT2D eigenvalue weighted by Gasteiger charge is 2.30. The number of benzene rings is 1. The maximum Gasteiger partial charge on any atom is 0.223 e. The minimum atomic E-state index is 0.234. The van der Waals surface area contributed by atoms with Crippen molar-refractivity contribution in [1.29, 1.82) is 0 Å². The Labute approximate surface area is 140 Å². The maximum absolute atomic E-state index is 12.1. The van der Waals surface area contributed by atoms with Gasteiger partial charge < -0.3 is 4.90 Å². The highest BCUT2D eigenvalue weighted by Crippen LogP contribution is 2.28. The van der Waals surface area contributed by atoms with Gasteiger partial charge in [0.05, 0.1) is 0 Å². The minimum Gasteiger partial charge on any atom is -0.338 e. The molecule has 1 aromatic carbocycles. The summed E-state index contributed by atoms with van der Waals surface area (Å²) in [5.74, 6) is 0.558. The van der Waals surface area contributed by atoms with Crippen molar-refractivity contribution in [2.24, 2.45) is 0 Å². The van der Waals surface area contributed by atoms with Gasteiger partial charge in [-0.05, 0) is 17.2 Å². The van der Waals surface area contributed by atoms with Crippen molar-refractivity contribution in [3.05, 3.63) is 66.0 Å². The van der Waals surface area contributed by atoms with Gasteiger partial charge in [-0.15, -0.1) is 0 Å². The second-order valence-electron chi connectivity index (χ2n) is 4.95. The quantitative estimate of drug-likeness (QED) is 0.826. The van der Waals surface area contributed by atoms with Crippen molar-refractivity contribution in [2.75, 3.05) is 6.54 Å². The van der Waals surface area contributed by atoms with E-state index >= 15 is 0 Å². The van der Waals surface area contributed by atoms with Crippen molar-refractivity contribution < 1.29 is 4.79 Å². The van der Waals surface area contributed by atoms with Gasteiger partial charge in [-0.3, -0.25) is 9.78 Å². The largest absolute Gasteiger partial charge is 0.338 e. The van der Waals surface area contributed by atoms with E-state index < -0.39 is 0 Å². The SMILES string of the molecule is CC.CC.O=C1CC(c2ccccc2)CN1Cc1cccnc1. The summed E-state index contributed by atoms with van der Waals surface area (Å²) in [5, 5.41) is 0. The molecule has 1 aliphatic heterocycles. The van der Waals surface area contributed by atoms with E-state index in [1.54, 1.807) is 6.20 Å². The van der Waals surface area contributed by atoms with Crippen LogP contribution in [0.2, 0.25) is 0 Å². The summed E-state index contributed by atoms with van der Waals surface area (Å²) >= 11 is 0. The Hall–Kier alpha value is -2.16. The van der Waals surface area contributed by atoms with Crippen LogP contribution in [0.15, 0.2) is 54.9 Å². The molecule has 3 heteroatoms. The molecule has 0 radical (unpaired) electrons. The molecule has 1 atom stereocenters. The van der Waals surface area contributed by atoms with Crippen LogP contribution in [0.3, 0.4) is 0 Å². The van der Waals surface area contributed by atoms with Gasteiger partial charge >= 0.3 is 0 Å². The third kappa shape index (κ3) is 5.51. The van der Waals surface area contributed by atoms with Crippen LogP contribution in [0.4, 0.5) is 0 Å². The molecule has 1 unspecified atom stereocenters. The fourth-order valence-electron chi connectivity index (χ4n) is 2.59. The molecule has 23 heavy (non-hydrogen) atoms. The molecule has 124 valence electrons. The molecule has 1 amide bonds. The molecular weight excluding hydrogens is 284 g/mol. The number of likely N-dealkylation sites (tertiary alicyclic amines) is 1. The minimum absolute atomic E-state index is 0.234. The van der Waals surface area contributed by atoms with Crippen LogP contribution in [0.5, 0.6) is 0 Å². The van der Waals surface area contributed by atoms with E-state index in [0.29, 0.717) is 18.9 Å². The molecule has 0 bridgehead atoms. The van der Waals surface area contributed by atoms with Crippen LogP contribution in [-0.4, -0.2) is 22.3 Å². The van der Waals surface area contributed by atoms with Crippen molar-refractivity contribution in [2.45, 2.75) is 46.6 Å². The number of hydrogen-bond acceptors (Lipinski definition) is 2. The summed E-state index contributed by atoms with van der Waals surface area (Å²) in [6, 6.07) is 14.2. The summed E-state index contributed by atoms with van der Waals surface area (Å²) < 4.78 is 0. The van der Waals surface area contributed by atoms with Gasteiger partial charge in [0.2, 0.25) is 5.91 Å². The molecule has 1 aliphatic rings. The molecule has 0 aliphatic carbocycles. The van der Waals surface area contributed by atoms with Gasteiger partial charge in [-0.2, -0.15) is 0 Å². The number of aromatic nitrogens is 1. The molecule has 1 aromatic heterocycles. The number of hydrogen-bond donors (Lipinski definition) is 0. The van der Waals surface area contributed by atoms with E-state index in [9.17, 15) is 4.79 Å². The van der Waals surface area contributed by atoms with Gasteiger partial charge in [0, 0.05) is 37.8 Å². The molecule has 0 saturated carbocycles. The molecule has 0 spiro atoms. The fraction of sp³-hybridized carbons (Fsp3) is 0.400. The lowest BCUT2D eigenvalue weighted by Crippen LogP contribution is -2.24. The molecular formula is C20H28N2O. The zero-order valence-corrected chi connectivity index (χ0v) is 14.7. The van der Waals surface area contributed by atoms with E-state index in [1.165, 1.54) is 5.56 Å². The predicted octanol–water partition coefficient (Wildman–Crippen LogP) is 4.65. The topological polar surface area (TPSA) is 33.2 Å². The van der Waals surface area contributed by atoms with E-state index in [1.807, 2.05) is 69.1 Å². The van der Waals surface area contributed by atoms with E-state index in [-0.39, 0.29) is 5.91 Å². The lowest BCUT2D eigenvalue weighted by atomic mass is 9.99. The third-order valence-electron chi connectivity index (χ3n) is 3.58. The first kappa shape index (κ1) is 18.9. The number of amides is 1. The number of pyridine rings is 1. The Bertz CT molecular complexity index is 554. The zero-order chi connectivity index (χ0) is 17.1. The molecule has 1 fully saturated rings. The number of rotatable bonds is 3. The summed E-state index contributed by atoms with van der Waals surface area (Å²) in [7, 11) is 0. The Morgan fingerprint density at radius 1 is 1.04 bits per heavy atom. The molecule has 0 N–H and O–H groups in total. The average Bonchev–Trinajstić information content (AvgIpc) is 3.01. The predicted molar refractivity (Wildman–Crippen MR) is 96.2 cm³/mol. The van der Waals surface area contributed by atoms with Gasteiger partial charge in [0.1, 0.15) is 0 Å². The Morgan fingerprint density at radius 2 is 1.74 bits per heavy atom. The van der Waals surface area contributed by atoms with Crippen LogP contribution < -0.4 is 0 Å². The lowest BCUT2D eigenvalue weighted by Gasteiger charge is -2.16. The first-order valence-corrected chi connectivity index (χ1v) is 8.54.